The Balaban J connectivity index is 3.54. The molecule has 0 saturated heterocycles. The summed E-state index contributed by atoms with van der Waals surface area (Å²) in [5, 5.41) is 18.1. The van der Waals surface area contributed by atoms with Crippen molar-refractivity contribution in [1.82, 2.24) is 5.32 Å². The van der Waals surface area contributed by atoms with Crippen LogP contribution in [0.1, 0.15) is 13.3 Å². The zero-order chi connectivity index (χ0) is 7.98. The lowest BCUT2D eigenvalue weighted by Gasteiger charge is -2.00. The molecule has 0 aromatic heterocycles. The van der Waals surface area contributed by atoms with Crippen molar-refractivity contribution in [3.63, 3.8) is 0 Å². The number of hydrogen-bond acceptors (Lipinski definition) is 3. The summed E-state index contributed by atoms with van der Waals surface area (Å²) in [5.41, 5.74) is 0. The van der Waals surface area contributed by atoms with E-state index in [-0.39, 0.29) is 0 Å². The molecule has 0 aliphatic rings. The van der Waals surface area contributed by atoms with Crippen LogP contribution in [0, 0.1) is 0 Å². The molecule has 5 heteroatoms. The van der Waals surface area contributed by atoms with E-state index in [9.17, 15) is 4.79 Å². The number of carbonyl (C=O) groups is 1. The van der Waals surface area contributed by atoms with Gasteiger partial charge in [0, 0.05) is 6.21 Å². The van der Waals surface area contributed by atoms with Gasteiger partial charge in [0.15, 0.2) is 0 Å². The van der Waals surface area contributed by atoms with Crippen molar-refractivity contribution in [3.05, 3.63) is 0 Å². The second kappa shape index (κ2) is 4.89. The minimum atomic E-state index is -1.83. The molecule has 0 saturated carbocycles. The standard InChI is InChI=1S/C5H10N2O3/c1-2-3-6-4(8)7-5(9)10/h3,5,9-10H,2H2,1H3,(H,7,8)/b6-3+. The Morgan fingerprint density at radius 3 is 2.80 bits per heavy atom. The number of amides is 2. The van der Waals surface area contributed by atoms with Gasteiger partial charge in [-0.05, 0) is 6.42 Å². The van der Waals surface area contributed by atoms with Crippen molar-refractivity contribution in [3.8, 4) is 0 Å². The average Bonchev–Trinajstić information content (AvgIpc) is 1.82. The highest BCUT2D eigenvalue weighted by Gasteiger charge is 1.99. The van der Waals surface area contributed by atoms with Crippen LogP contribution in [0.2, 0.25) is 0 Å². The molecule has 0 bridgehead atoms. The van der Waals surface area contributed by atoms with Crippen molar-refractivity contribution in [1.29, 1.82) is 0 Å². The molecule has 0 heterocycles. The molecule has 2 amide bonds. The number of rotatable bonds is 2. The Labute approximate surface area is 58.4 Å². The fraction of sp³-hybridized carbons (Fsp3) is 0.600. The van der Waals surface area contributed by atoms with E-state index in [1.807, 2.05) is 6.92 Å². The zero-order valence-corrected chi connectivity index (χ0v) is 5.61. The molecule has 0 aliphatic heterocycles. The fourth-order valence-electron chi connectivity index (χ4n) is 0.322. The maximum atomic E-state index is 10.4. The monoisotopic (exact) mass is 146 g/mol. The third-order valence-corrected chi connectivity index (χ3v) is 0.644. The number of aliphatic hydroxyl groups excluding tert-OH is 1. The Bertz CT molecular complexity index is 133. The van der Waals surface area contributed by atoms with Gasteiger partial charge in [-0.3, -0.25) is 5.32 Å². The molecule has 0 aromatic rings. The van der Waals surface area contributed by atoms with Gasteiger partial charge in [0.05, 0.1) is 0 Å². The van der Waals surface area contributed by atoms with Crippen LogP contribution in [0.5, 0.6) is 0 Å². The SMILES string of the molecule is CC/C=N/C(=O)NC(O)O. The second-order valence-corrected chi connectivity index (χ2v) is 1.54. The van der Waals surface area contributed by atoms with E-state index in [2.05, 4.69) is 4.99 Å². The number of aliphatic hydroxyl groups is 2. The third kappa shape index (κ3) is 5.20. The topological polar surface area (TPSA) is 81.9 Å². The first-order valence-corrected chi connectivity index (χ1v) is 2.86. The van der Waals surface area contributed by atoms with Crippen LogP contribution in [0.3, 0.4) is 0 Å². The van der Waals surface area contributed by atoms with E-state index < -0.39 is 12.4 Å². The minimum Gasteiger partial charge on any atom is -0.351 e. The number of nitrogens with one attached hydrogen (secondary N) is 1. The van der Waals surface area contributed by atoms with E-state index in [1.165, 1.54) is 6.21 Å². The zero-order valence-electron chi connectivity index (χ0n) is 5.61. The Morgan fingerprint density at radius 2 is 2.40 bits per heavy atom. The van der Waals surface area contributed by atoms with E-state index in [0.717, 1.165) is 0 Å². The second-order valence-electron chi connectivity index (χ2n) is 1.54. The highest BCUT2D eigenvalue weighted by atomic mass is 16.5. The first kappa shape index (κ1) is 9.06. The van der Waals surface area contributed by atoms with Gasteiger partial charge >= 0.3 is 6.03 Å². The average molecular weight is 146 g/mol. The van der Waals surface area contributed by atoms with Crippen molar-refractivity contribution >= 4 is 12.2 Å². The molecule has 5 nitrogen and oxygen atoms in total. The first-order valence-electron chi connectivity index (χ1n) is 2.86. The van der Waals surface area contributed by atoms with Crippen LogP contribution in [-0.2, 0) is 0 Å². The predicted octanol–water partition coefficient (Wildman–Crippen LogP) is -0.555. The number of aliphatic imine (C=N–C) groups is 1. The van der Waals surface area contributed by atoms with Gasteiger partial charge in [-0.25, -0.2) is 9.79 Å². The van der Waals surface area contributed by atoms with Crippen molar-refractivity contribution in [2.45, 2.75) is 19.8 Å². The summed E-state index contributed by atoms with van der Waals surface area (Å²) >= 11 is 0. The molecular formula is C5H10N2O3. The van der Waals surface area contributed by atoms with Gasteiger partial charge < -0.3 is 10.2 Å². The van der Waals surface area contributed by atoms with Crippen LogP contribution >= 0.6 is 0 Å². The van der Waals surface area contributed by atoms with E-state index in [1.54, 1.807) is 5.32 Å². The van der Waals surface area contributed by atoms with Crippen LogP contribution in [0.15, 0.2) is 4.99 Å². The molecule has 0 radical (unpaired) electrons. The Hall–Kier alpha value is -0.940. The summed E-state index contributed by atoms with van der Waals surface area (Å²) in [7, 11) is 0. The van der Waals surface area contributed by atoms with Crippen LogP contribution in [0.4, 0.5) is 4.79 Å². The molecule has 58 valence electrons. The predicted molar refractivity (Wildman–Crippen MR) is 35.5 cm³/mol. The smallest absolute Gasteiger partial charge is 0.344 e. The summed E-state index contributed by atoms with van der Waals surface area (Å²) in [4.78, 5) is 13.7. The van der Waals surface area contributed by atoms with Crippen molar-refractivity contribution in [2.75, 3.05) is 0 Å². The molecule has 0 rings (SSSR count). The molecule has 3 N–H and O–H groups in total. The van der Waals surface area contributed by atoms with Gasteiger partial charge in [0.2, 0.25) is 6.41 Å². The summed E-state index contributed by atoms with van der Waals surface area (Å²) in [6.07, 6.45) is 0.175. The number of urea groups is 1. The minimum absolute atomic E-state index is 0.634. The molecule has 0 aromatic carbocycles. The Morgan fingerprint density at radius 1 is 1.80 bits per heavy atom. The van der Waals surface area contributed by atoms with Crippen LogP contribution < -0.4 is 5.32 Å². The van der Waals surface area contributed by atoms with Gasteiger partial charge in [-0.15, -0.1) is 0 Å². The quantitative estimate of drug-likeness (QED) is 0.361. The number of hydrogen-bond donors (Lipinski definition) is 3. The first-order chi connectivity index (χ1) is 4.66. The van der Waals surface area contributed by atoms with E-state index >= 15 is 0 Å². The van der Waals surface area contributed by atoms with Gasteiger partial charge in [0.1, 0.15) is 0 Å². The maximum Gasteiger partial charge on any atom is 0.344 e. The normalized spacial score (nSPS) is 10.8. The Kier molecular flexibility index (Phi) is 4.43. The number of nitrogens with zero attached hydrogens (tertiary/aromatic N) is 1. The summed E-state index contributed by atoms with van der Waals surface area (Å²) in [5.74, 6) is 0. The highest BCUT2D eigenvalue weighted by molar-refractivity contribution is 5.83. The van der Waals surface area contributed by atoms with E-state index in [4.69, 9.17) is 10.2 Å². The number of carbonyl (C=O) groups excluding carboxylic acids is 1. The summed E-state index contributed by atoms with van der Waals surface area (Å²) < 4.78 is 0. The molecule has 0 unspecified atom stereocenters. The van der Waals surface area contributed by atoms with Crippen molar-refractivity contribution < 1.29 is 15.0 Å². The highest BCUT2D eigenvalue weighted by Crippen LogP contribution is 1.76. The molecule has 10 heavy (non-hydrogen) atoms. The largest absolute Gasteiger partial charge is 0.351 e. The van der Waals surface area contributed by atoms with Crippen LogP contribution in [0.25, 0.3) is 0 Å². The third-order valence-electron chi connectivity index (χ3n) is 0.644. The summed E-state index contributed by atoms with van der Waals surface area (Å²) in [6, 6.07) is -0.753. The van der Waals surface area contributed by atoms with Gasteiger partial charge in [-0.2, -0.15) is 0 Å². The van der Waals surface area contributed by atoms with Crippen molar-refractivity contribution in [2.24, 2.45) is 4.99 Å². The van der Waals surface area contributed by atoms with E-state index in [0.29, 0.717) is 6.42 Å². The lowest BCUT2D eigenvalue weighted by Crippen LogP contribution is -2.31. The molecular weight excluding hydrogens is 136 g/mol. The summed E-state index contributed by atoms with van der Waals surface area (Å²) in [6.45, 7) is 1.81. The maximum absolute atomic E-state index is 10.4. The van der Waals surface area contributed by atoms with Gasteiger partial charge in [0.25, 0.3) is 0 Å². The lowest BCUT2D eigenvalue weighted by atomic mass is 10.5. The lowest BCUT2D eigenvalue weighted by molar-refractivity contribution is -0.0547. The molecule has 0 aliphatic carbocycles. The molecule has 0 fully saturated rings. The molecule has 0 atom stereocenters. The molecule has 0 spiro atoms. The van der Waals surface area contributed by atoms with Gasteiger partial charge in [-0.1, -0.05) is 6.92 Å². The van der Waals surface area contributed by atoms with Crippen LogP contribution in [-0.4, -0.2) is 28.9 Å². The fourth-order valence-corrected chi connectivity index (χ4v) is 0.322.